The van der Waals surface area contributed by atoms with Crippen LogP contribution in [-0.2, 0) is 14.3 Å². The first-order valence-electron chi connectivity index (χ1n) is 7.29. The van der Waals surface area contributed by atoms with Crippen LogP contribution in [0.3, 0.4) is 0 Å². The van der Waals surface area contributed by atoms with Crippen LogP contribution in [-0.4, -0.2) is 41.8 Å². The molecule has 24 heavy (non-hydrogen) atoms. The lowest BCUT2D eigenvalue weighted by Crippen LogP contribution is -2.34. The second-order valence-corrected chi connectivity index (χ2v) is 6.85. The van der Waals surface area contributed by atoms with Crippen LogP contribution in [0.4, 0.5) is 4.79 Å². The van der Waals surface area contributed by atoms with Crippen molar-refractivity contribution in [1.82, 2.24) is 4.90 Å². The number of benzene rings is 1. The molecule has 2 rings (SSSR count). The van der Waals surface area contributed by atoms with Gasteiger partial charge in [0.1, 0.15) is 12.3 Å². The van der Waals surface area contributed by atoms with Gasteiger partial charge in [0, 0.05) is 0 Å². The first kappa shape index (κ1) is 18.8. The minimum Gasteiger partial charge on any atom is -0.493 e. The van der Waals surface area contributed by atoms with Gasteiger partial charge in [-0.25, -0.2) is 0 Å². The van der Waals surface area contributed by atoms with Crippen LogP contribution < -0.4 is 4.74 Å². The SMILES string of the molecule is CCOC(=O)CN1C(=O)S/C(=C/c2ccc(OCC)c(I)c2)C1=O. The summed E-state index contributed by atoms with van der Waals surface area (Å²) in [5.74, 6) is -0.315. The third-order valence-electron chi connectivity index (χ3n) is 3.02. The van der Waals surface area contributed by atoms with Gasteiger partial charge >= 0.3 is 5.97 Å². The fraction of sp³-hybridized carbons (Fsp3) is 0.312. The zero-order valence-electron chi connectivity index (χ0n) is 13.2. The molecule has 0 bridgehead atoms. The molecular formula is C16H16INO5S. The second-order valence-electron chi connectivity index (χ2n) is 4.70. The van der Waals surface area contributed by atoms with Crippen molar-refractivity contribution in [2.75, 3.05) is 19.8 Å². The van der Waals surface area contributed by atoms with Gasteiger partial charge in [-0.3, -0.25) is 19.3 Å². The van der Waals surface area contributed by atoms with Gasteiger partial charge in [-0.15, -0.1) is 0 Å². The van der Waals surface area contributed by atoms with Gasteiger partial charge in [-0.1, -0.05) is 6.07 Å². The van der Waals surface area contributed by atoms with Crippen molar-refractivity contribution in [3.63, 3.8) is 0 Å². The maximum Gasteiger partial charge on any atom is 0.326 e. The first-order valence-corrected chi connectivity index (χ1v) is 9.19. The fourth-order valence-corrected chi connectivity index (χ4v) is 3.54. The lowest BCUT2D eigenvalue weighted by molar-refractivity contribution is -0.145. The highest BCUT2D eigenvalue weighted by Crippen LogP contribution is 2.33. The number of rotatable bonds is 6. The molecule has 0 aliphatic carbocycles. The number of hydrogen-bond donors (Lipinski definition) is 0. The Kier molecular flexibility index (Phi) is 6.67. The maximum absolute atomic E-state index is 12.3. The Bertz CT molecular complexity index is 704. The number of nitrogens with zero attached hydrogens (tertiary/aromatic N) is 1. The number of halogens is 1. The van der Waals surface area contributed by atoms with Gasteiger partial charge in [-0.05, 0) is 72.0 Å². The quantitative estimate of drug-likeness (QED) is 0.368. The average Bonchev–Trinajstić information content (AvgIpc) is 2.78. The van der Waals surface area contributed by atoms with E-state index in [1.165, 1.54) is 0 Å². The van der Waals surface area contributed by atoms with Crippen LogP contribution in [0.2, 0.25) is 0 Å². The molecule has 1 heterocycles. The Morgan fingerprint density at radius 1 is 1.29 bits per heavy atom. The lowest BCUT2D eigenvalue weighted by Gasteiger charge is -2.10. The molecule has 1 aromatic rings. The van der Waals surface area contributed by atoms with E-state index in [2.05, 4.69) is 22.6 Å². The fourth-order valence-electron chi connectivity index (χ4n) is 2.00. The number of esters is 1. The van der Waals surface area contributed by atoms with E-state index in [-0.39, 0.29) is 18.1 Å². The van der Waals surface area contributed by atoms with Crippen LogP contribution in [0, 0.1) is 3.57 Å². The van der Waals surface area contributed by atoms with Crippen molar-refractivity contribution < 1.29 is 23.9 Å². The molecule has 1 saturated heterocycles. The Labute approximate surface area is 157 Å². The number of carbonyl (C=O) groups is 3. The third-order valence-corrected chi connectivity index (χ3v) is 4.77. The number of thioether (sulfide) groups is 1. The molecule has 8 heteroatoms. The third kappa shape index (κ3) is 4.50. The highest BCUT2D eigenvalue weighted by molar-refractivity contribution is 14.1. The molecule has 0 spiro atoms. The van der Waals surface area contributed by atoms with Crippen molar-refractivity contribution >= 4 is 57.5 Å². The number of ether oxygens (including phenoxy) is 2. The molecule has 6 nitrogen and oxygen atoms in total. The summed E-state index contributed by atoms with van der Waals surface area (Å²) in [5.41, 5.74) is 0.782. The summed E-state index contributed by atoms with van der Waals surface area (Å²) in [6, 6.07) is 5.50. The van der Waals surface area contributed by atoms with E-state index in [0.717, 1.165) is 31.5 Å². The number of hydrogen-bond acceptors (Lipinski definition) is 6. The largest absolute Gasteiger partial charge is 0.493 e. The molecule has 0 atom stereocenters. The molecule has 128 valence electrons. The standard InChI is InChI=1S/C16H16INO5S/c1-3-22-12-6-5-10(7-11(12)17)8-13-15(20)18(16(21)24-13)9-14(19)23-4-2/h5-8H,3-4,9H2,1-2H3/b13-8+. The molecule has 1 aliphatic heterocycles. The Morgan fingerprint density at radius 2 is 2.04 bits per heavy atom. The van der Waals surface area contributed by atoms with E-state index in [0.29, 0.717) is 6.61 Å². The van der Waals surface area contributed by atoms with Gasteiger partial charge in [0.25, 0.3) is 11.1 Å². The van der Waals surface area contributed by atoms with Crippen LogP contribution in [0.15, 0.2) is 23.1 Å². The van der Waals surface area contributed by atoms with Crippen LogP contribution in [0.5, 0.6) is 5.75 Å². The molecule has 0 radical (unpaired) electrons. The summed E-state index contributed by atoms with van der Waals surface area (Å²) in [5, 5.41) is -0.472. The minimum absolute atomic E-state index is 0.204. The first-order chi connectivity index (χ1) is 11.5. The Morgan fingerprint density at radius 3 is 2.67 bits per heavy atom. The van der Waals surface area contributed by atoms with Crippen LogP contribution in [0.1, 0.15) is 19.4 Å². The Hall–Kier alpha value is -1.55. The van der Waals surface area contributed by atoms with Crippen LogP contribution in [0.25, 0.3) is 6.08 Å². The van der Waals surface area contributed by atoms with Gasteiger partial charge in [0.15, 0.2) is 0 Å². The van der Waals surface area contributed by atoms with E-state index < -0.39 is 17.1 Å². The zero-order chi connectivity index (χ0) is 17.7. The van der Waals surface area contributed by atoms with E-state index in [9.17, 15) is 14.4 Å². The number of imide groups is 1. The Balaban J connectivity index is 2.16. The topological polar surface area (TPSA) is 72.9 Å². The van der Waals surface area contributed by atoms with E-state index in [4.69, 9.17) is 9.47 Å². The van der Waals surface area contributed by atoms with Crippen molar-refractivity contribution in [3.8, 4) is 5.75 Å². The summed E-state index contributed by atoms with van der Waals surface area (Å²) < 4.78 is 11.2. The van der Waals surface area contributed by atoms with E-state index in [1.54, 1.807) is 13.0 Å². The van der Waals surface area contributed by atoms with Gasteiger partial charge in [0.05, 0.1) is 21.7 Å². The summed E-state index contributed by atoms with van der Waals surface area (Å²) in [4.78, 5) is 36.9. The maximum atomic E-state index is 12.3. The normalized spacial score (nSPS) is 16.0. The summed E-state index contributed by atoms with van der Waals surface area (Å²) >= 11 is 2.96. The molecular weight excluding hydrogens is 445 g/mol. The van der Waals surface area contributed by atoms with Gasteiger partial charge < -0.3 is 9.47 Å². The molecule has 1 aliphatic rings. The number of carbonyl (C=O) groups excluding carboxylic acids is 3. The molecule has 0 aromatic heterocycles. The predicted molar refractivity (Wildman–Crippen MR) is 99.6 cm³/mol. The molecule has 0 saturated carbocycles. The smallest absolute Gasteiger partial charge is 0.326 e. The molecule has 1 fully saturated rings. The van der Waals surface area contributed by atoms with Crippen molar-refractivity contribution in [3.05, 3.63) is 32.2 Å². The monoisotopic (exact) mass is 461 g/mol. The molecule has 1 aromatic carbocycles. The zero-order valence-corrected chi connectivity index (χ0v) is 16.2. The van der Waals surface area contributed by atoms with Crippen LogP contribution >= 0.6 is 34.4 Å². The lowest BCUT2D eigenvalue weighted by atomic mass is 10.2. The highest BCUT2D eigenvalue weighted by Gasteiger charge is 2.36. The highest BCUT2D eigenvalue weighted by atomic mass is 127. The van der Waals surface area contributed by atoms with E-state index in [1.807, 2.05) is 25.1 Å². The molecule has 2 amide bonds. The predicted octanol–water partition coefficient (Wildman–Crippen LogP) is 3.29. The summed E-state index contributed by atoms with van der Waals surface area (Å²) in [6.07, 6.45) is 1.63. The van der Waals surface area contributed by atoms with Gasteiger partial charge in [-0.2, -0.15) is 0 Å². The summed E-state index contributed by atoms with van der Waals surface area (Å²) in [6.45, 7) is 3.98. The summed E-state index contributed by atoms with van der Waals surface area (Å²) in [7, 11) is 0. The average molecular weight is 461 g/mol. The van der Waals surface area contributed by atoms with Crippen molar-refractivity contribution in [2.45, 2.75) is 13.8 Å². The van der Waals surface area contributed by atoms with E-state index >= 15 is 0 Å². The van der Waals surface area contributed by atoms with Crippen molar-refractivity contribution in [2.24, 2.45) is 0 Å². The van der Waals surface area contributed by atoms with Gasteiger partial charge in [0.2, 0.25) is 0 Å². The number of amides is 2. The van der Waals surface area contributed by atoms with Crippen molar-refractivity contribution in [1.29, 1.82) is 0 Å². The molecule has 0 N–H and O–H groups in total. The molecule has 0 unspecified atom stereocenters. The second kappa shape index (κ2) is 8.52. The minimum atomic E-state index is -0.600.